The summed E-state index contributed by atoms with van der Waals surface area (Å²) in [6.45, 7) is 10.2. The Balaban J connectivity index is 1.77. The maximum atomic E-state index is 5.82. The van der Waals surface area contributed by atoms with E-state index in [0.717, 1.165) is 18.9 Å². The van der Waals surface area contributed by atoms with E-state index in [0.29, 0.717) is 12.1 Å². The second-order valence-corrected chi connectivity index (χ2v) is 7.56. The lowest BCUT2D eigenvalue weighted by Crippen LogP contribution is -2.43. The lowest BCUT2D eigenvalue weighted by atomic mass is 9.81. The summed E-state index contributed by atoms with van der Waals surface area (Å²) in [6.07, 6.45) is 3.49. The minimum Gasteiger partial charge on any atom is -0.328 e. The van der Waals surface area contributed by atoms with Gasteiger partial charge in [0, 0.05) is 12.1 Å². The molecule has 0 radical (unpaired) electrons. The third kappa shape index (κ3) is 4.32. The van der Waals surface area contributed by atoms with Crippen molar-refractivity contribution in [1.29, 1.82) is 0 Å². The molecule has 0 bridgehead atoms. The molecule has 1 aromatic carbocycles. The van der Waals surface area contributed by atoms with Crippen LogP contribution in [0.25, 0.3) is 0 Å². The van der Waals surface area contributed by atoms with E-state index in [1.165, 1.54) is 24.0 Å². The largest absolute Gasteiger partial charge is 0.328 e. The van der Waals surface area contributed by atoms with E-state index in [-0.39, 0.29) is 5.41 Å². The van der Waals surface area contributed by atoms with Crippen molar-refractivity contribution in [3.8, 4) is 0 Å². The molecule has 2 rings (SSSR count). The van der Waals surface area contributed by atoms with Crippen LogP contribution < -0.4 is 11.1 Å². The lowest BCUT2D eigenvalue weighted by molar-refractivity contribution is 0.249. The third-order valence-corrected chi connectivity index (χ3v) is 4.39. The fourth-order valence-corrected chi connectivity index (χ4v) is 2.89. The zero-order chi connectivity index (χ0) is 14.8. The Bertz CT molecular complexity index is 410. The Kier molecular flexibility index (Phi) is 4.87. The van der Waals surface area contributed by atoms with Crippen LogP contribution in [0.5, 0.6) is 0 Å². The summed E-state index contributed by atoms with van der Waals surface area (Å²) in [4.78, 5) is 0. The summed E-state index contributed by atoms with van der Waals surface area (Å²) < 4.78 is 0. The summed E-state index contributed by atoms with van der Waals surface area (Å²) >= 11 is 0. The van der Waals surface area contributed by atoms with Crippen LogP contribution in [-0.2, 0) is 11.8 Å². The molecule has 0 saturated heterocycles. The van der Waals surface area contributed by atoms with Crippen molar-refractivity contribution in [2.24, 2.45) is 11.7 Å². The highest BCUT2D eigenvalue weighted by molar-refractivity contribution is 5.27. The summed E-state index contributed by atoms with van der Waals surface area (Å²) in [5.74, 6) is 0.802. The van der Waals surface area contributed by atoms with Crippen LogP contribution in [0, 0.1) is 5.92 Å². The van der Waals surface area contributed by atoms with Crippen molar-refractivity contribution in [1.82, 2.24) is 5.32 Å². The monoisotopic (exact) mass is 274 g/mol. The number of hydrogen-bond acceptors (Lipinski definition) is 2. The second kappa shape index (κ2) is 6.28. The van der Waals surface area contributed by atoms with E-state index in [9.17, 15) is 0 Å². The van der Waals surface area contributed by atoms with Crippen LogP contribution in [0.3, 0.4) is 0 Å². The Labute approximate surface area is 124 Å². The summed E-state index contributed by atoms with van der Waals surface area (Å²) in [5, 5.41) is 3.64. The second-order valence-electron chi connectivity index (χ2n) is 7.56. The van der Waals surface area contributed by atoms with E-state index < -0.39 is 0 Å². The Hall–Kier alpha value is -0.860. The van der Waals surface area contributed by atoms with Crippen LogP contribution >= 0.6 is 0 Å². The number of rotatable bonds is 5. The molecule has 1 aliphatic carbocycles. The molecule has 1 atom stereocenters. The Morgan fingerprint density at radius 3 is 2.30 bits per heavy atom. The van der Waals surface area contributed by atoms with Crippen LogP contribution in [0.4, 0.5) is 0 Å². The highest BCUT2D eigenvalue weighted by Crippen LogP contribution is 2.25. The molecule has 0 aromatic heterocycles. The average molecular weight is 274 g/mol. The predicted molar refractivity (Wildman–Crippen MR) is 87.0 cm³/mol. The zero-order valence-electron chi connectivity index (χ0n) is 13.4. The molecule has 0 spiro atoms. The molecule has 3 N–H and O–H groups in total. The van der Waals surface area contributed by atoms with E-state index >= 15 is 0 Å². The Morgan fingerprint density at radius 2 is 1.80 bits per heavy atom. The third-order valence-electron chi connectivity index (χ3n) is 4.39. The van der Waals surface area contributed by atoms with Gasteiger partial charge in [-0.1, -0.05) is 45.0 Å². The first-order valence-electron chi connectivity index (χ1n) is 7.93. The minimum absolute atomic E-state index is 0.241. The predicted octanol–water partition coefficient (Wildman–Crippen LogP) is 3.24. The van der Waals surface area contributed by atoms with Crippen molar-refractivity contribution in [2.75, 3.05) is 6.54 Å². The fourth-order valence-electron chi connectivity index (χ4n) is 2.89. The van der Waals surface area contributed by atoms with Crippen LogP contribution in [0.15, 0.2) is 24.3 Å². The normalized spacial score (nSPS) is 24.2. The van der Waals surface area contributed by atoms with Gasteiger partial charge in [-0.15, -0.1) is 0 Å². The minimum atomic E-state index is 0.241. The number of nitrogens with one attached hydrogen (secondary N) is 1. The molecule has 1 aliphatic rings. The quantitative estimate of drug-likeness (QED) is 0.865. The zero-order valence-corrected chi connectivity index (χ0v) is 13.4. The van der Waals surface area contributed by atoms with Gasteiger partial charge >= 0.3 is 0 Å². The van der Waals surface area contributed by atoms with Gasteiger partial charge in [0.05, 0.1) is 0 Å². The van der Waals surface area contributed by atoms with Gasteiger partial charge in [-0.25, -0.2) is 0 Å². The average Bonchev–Trinajstić information content (AvgIpc) is 2.33. The topological polar surface area (TPSA) is 38.0 Å². The molecule has 2 heteroatoms. The van der Waals surface area contributed by atoms with E-state index in [1.54, 1.807) is 0 Å². The van der Waals surface area contributed by atoms with Gasteiger partial charge in [-0.2, -0.15) is 0 Å². The van der Waals surface area contributed by atoms with Crippen molar-refractivity contribution < 1.29 is 0 Å². The number of benzene rings is 1. The molecule has 0 amide bonds. The molecule has 1 saturated carbocycles. The smallest absolute Gasteiger partial charge is 0.00792 e. The standard InChI is InChI=1S/C18H30N2/c1-13(20-12-15-10-17(19)11-15)9-14-5-7-16(8-6-14)18(2,3)4/h5-8,13,15,17,20H,9-12,19H2,1-4H3/t13?,15-,17-. The van der Waals surface area contributed by atoms with Crippen molar-refractivity contribution in [3.63, 3.8) is 0 Å². The first kappa shape index (κ1) is 15.5. The first-order valence-corrected chi connectivity index (χ1v) is 7.93. The lowest BCUT2D eigenvalue weighted by Gasteiger charge is -2.33. The van der Waals surface area contributed by atoms with Crippen LogP contribution in [-0.4, -0.2) is 18.6 Å². The summed E-state index contributed by atoms with van der Waals surface area (Å²) in [7, 11) is 0. The van der Waals surface area contributed by atoms with Gasteiger partial charge in [-0.05, 0) is 55.2 Å². The number of hydrogen-bond donors (Lipinski definition) is 2. The van der Waals surface area contributed by atoms with E-state index in [1.807, 2.05) is 0 Å². The molecule has 1 unspecified atom stereocenters. The summed E-state index contributed by atoms with van der Waals surface area (Å²) in [5.41, 5.74) is 8.89. The van der Waals surface area contributed by atoms with E-state index in [4.69, 9.17) is 5.73 Å². The highest BCUT2D eigenvalue weighted by atomic mass is 14.9. The highest BCUT2D eigenvalue weighted by Gasteiger charge is 2.25. The van der Waals surface area contributed by atoms with Crippen molar-refractivity contribution in [2.45, 2.75) is 64.5 Å². The van der Waals surface area contributed by atoms with E-state index in [2.05, 4.69) is 57.3 Å². The van der Waals surface area contributed by atoms with Gasteiger partial charge in [0.15, 0.2) is 0 Å². The van der Waals surface area contributed by atoms with Gasteiger partial charge < -0.3 is 11.1 Å². The molecular formula is C18H30N2. The maximum Gasteiger partial charge on any atom is 0.00792 e. The van der Waals surface area contributed by atoms with Gasteiger partial charge in [-0.3, -0.25) is 0 Å². The Morgan fingerprint density at radius 1 is 1.20 bits per heavy atom. The maximum absolute atomic E-state index is 5.82. The van der Waals surface area contributed by atoms with Crippen molar-refractivity contribution >= 4 is 0 Å². The fraction of sp³-hybridized carbons (Fsp3) is 0.667. The first-order chi connectivity index (χ1) is 9.34. The molecule has 1 aromatic rings. The summed E-state index contributed by atoms with van der Waals surface area (Å²) in [6, 6.07) is 10.1. The van der Waals surface area contributed by atoms with Crippen LogP contribution in [0.2, 0.25) is 0 Å². The molecule has 0 aliphatic heterocycles. The van der Waals surface area contributed by atoms with Crippen LogP contribution in [0.1, 0.15) is 51.7 Å². The van der Waals surface area contributed by atoms with Gasteiger partial charge in [0.2, 0.25) is 0 Å². The molecule has 2 nitrogen and oxygen atoms in total. The molecule has 0 heterocycles. The molecular weight excluding hydrogens is 244 g/mol. The number of nitrogens with two attached hydrogens (primary N) is 1. The molecule has 1 fully saturated rings. The van der Waals surface area contributed by atoms with Gasteiger partial charge in [0.1, 0.15) is 0 Å². The molecule has 20 heavy (non-hydrogen) atoms. The molecule has 112 valence electrons. The van der Waals surface area contributed by atoms with Crippen molar-refractivity contribution in [3.05, 3.63) is 35.4 Å². The SMILES string of the molecule is CC(Cc1ccc(C(C)(C)C)cc1)NC[C@H]1C[C@H](N)C1. The van der Waals surface area contributed by atoms with Gasteiger partial charge in [0.25, 0.3) is 0 Å².